The fourth-order valence-electron chi connectivity index (χ4n) is 1.27. The molecule has 1 rings (SSSR count). The molecule has 1 aromatic rings. The SMILES string of the molecule is C=CC(=O)NCCC(=O)NCc1nn(C)cc1Cl. The molecule has 0 saturated carbocycles. The third-order valence-corrected chi connectivity index (χ3v) is 2.46. The molecule has 0 saturated heterocycles. The van der Waals surface area contributed by atoms with E-state index >= 15 is 0 Å². The van der Waals surface area contributed by atoms with Gasteiger partial charge in [0, 0.05) is 26.2 Å². The van der Waals surface area contributed by atoms with E-state index in [9.17, 15) is 9.59 Å². The van der Waals surface area contributed by atoms with E-state index in [0.717, 1.165) is 6.08 Å². The molecule has 1 aromatic heterocycles. The number of nitrogens with zero attached hydrogens (tertiary/aromatic N) is 2. The van der Waals surface area contributed by atoms with Crippen LogP contribution in [0.4, 0.5) is 0 Å². The van der Waals surface area contributed by atoms with Crippen molar-refractivity contribution in [2.24, 2.45) is 7.05 Å². The number of aryl methyl sites for hydroxylation is 1. The van der Waals surface area contributed by atoms with E-state index < -0.39 is 0 Å². The summed E-state index contributed by atoms with van der Waals surface area (Å²) in [5.74, 6) is -0.475. The van der Waals surface area contributed by atoms with Crippen molar-refractivity contribution in [3.63, 3.8) is 0 Å². The van der Waals surface area contributed by atoms with Crippen LogP contribution < -0.4 is 10.6 Å². The number of aromatic nitrogens is 2. The summed E-state index contributed by atoms with van der Waals surface area (Å²) in [7, 11) is 1.75. The number of carbonyl (C=O) groups excluding carboxylic acids is 2. The Balaban J connectivity index is 2.27. The highest BCUT2D eigenvalue weighted by Crippen LogP contribution is 2.12. The summed E-state index contributed by atoms with van der Waals surface area (Å²) in [6, 6.07) is 0. The third kappa shape index (κ3) is 4.58. The molecule has 2 amide bonds. The van der Waals surface area contributed by atoms with Crippen molar-refractivity contribution in [1.82, 2.24) is 20.4 Å². The van der Waals surface area contributed by atoms with Crippen molar-refractivity contribution in [3.8, 4) is 0 Å². The van der Waals surface area contributed by atoms with Gasteiger partial charge in [-0.2, -0.15) is 5.10 Å². The lowest BCUT2D eigenvalue weighted by atomic mass is 10.3. The van der Waals surface area contributed by atoms with Crippen LogP contribution in [0.3, 0.4) is 0 Å². The van der Waals surface area contributed by atoms with Gasteiger partial charge in [-0.1, -0.05) is 18.2 Å². The standard InChI is InChI=1S/C11H15ClN4O2/c1-3-10(17)13-5-4-11(18)14-6-9-8(12)7-16(2)15-9/h3,7H,1,4-6H2,2H3,(H,13,17)(H,14,18). The maximum Gasteiger partial charge on any atom is 0.243 e. The first kappa shape index (κ1) is 14.2. The topological polar surface area (TPSA) is 76.0 Å². The van der Waals surface area contributed by atoms with Crippen molar-refractivity contribution >= 4 is 23.4 Å². The number of halogens is 1. The number of amides is 2. The van der Waals surface area contributed by atoms with Crippen LogP contribution in [0.1, 0.15) is 12.1 Å². The van der Waals surface area contributed by atoms with E-state index in [1.54, 1.807) is 17.9 Å². The molecule has 0 aromatic carbocycles. The van der Waals surface area contributed by atoms with E-state index in [1.807, 2.05) is 0 Å². The van der Waals surface area contributed by atoms with Gasteiger partial charge in [0.2, 0.25) is 11.8 Å². The minimum atomic E-state index is -0.296. The predicted octanol–water partition coefficient (Wildman–Crippen LogP) is 0.382. The van der Waals surface area contributed by atoms with Crippen LogP contribution in [0, 0.1) is 0 Å². The van der Waals surface area contributed by atoms with E-state index in [4.69, 9.17) is 11.6 Å². The van der Waals surface area contributed by atoms with Crippen LogP contribution in [-0.2, 0) is 23.2 Å². The van der Waals surface area contributed by atoms with Gasteiger partial charge in [0.15, 0.2) is 0 Å². The summed E-state index contributed by atoms with van der Waals surface area (Å²) in [6.07, 6.45) is 3.02. The average molecular weight is 271 g/mol. The van der Waals surface area contributed by atoms with Crippen LogP contribution in [0.2, 0.25) is 5.02 Å². The maximum atomic E-state index is 11.4. The van der Waals surface area contributed by atoms with Gasteiger partial charge in [-0.05, 0) is 6.08 Å². The van der Waals surface area contributed by atoms with E-state index in [1.165, 1.54) is 0 Å². The van der Waals surface area contributed by atoms with Crippen LogP contribution >= 0.6 is 11.6 Å². The molecule has 0 atom stereocenters. The molecule has 0 spiro atoms. The molecule has 0 radical (unpaired) electrons. The molecular formula is C11H15ClN4O2. The molecule has 7 heteroatoms. The van der Waals surface area contributed by atoms with Gasteiger partial charge >= 0.3 is 0 Å². The molecular weight excluding hydrogens is 256 g/mol. The molecule has 0 bridgehead atoms. The molecule has 0 aliphatic carbocycles. The first-order valence-corrected chi connectivity index (χ1v) is 5.75. The van der Waals surface area contributed by atoms with Gasteiger partial charge in [-0.3, -0.25) is 14.3 Å². The molecule has 0 unspecified atom stereocenters. The van der Waals surface area contributed by atoms with Gasteiger partial charge in [0.25, 0.3) is 0 Å². The Kier molecular flexibility index (Phi) is 5.38. The molecule has 0 fully saturated rings. The molecule has 18 heavy (non-hydrogen) atoms. The Hall–Kier alpha value is -1.82. The zero-order valence-corrected chi connectivity index (χ0v) is 10.8. The second-order valence-electron chi connectivity index (χ2n) is 3.62. The molecule has 6 nitrogen and oxygen atoms in total. The van der Waals surface area contributed by atoms with Crippen molar-refractivity contribution < 1.29 is 9.59 Å². The summed E-state index contributed by atoms with van der Waals surface area (Å²) >= 11 is 5.89. The predicted molar refractivity (Wildman–Crippen MR) is 67.9 cm³/mol. The Morgan fingerprint density at radius 2 is 2.28 bits per heavy atom. The number of carbonyl (C=O) groups is 2. The summed E-state index contributed by atoms with van der Waals surface area (Å²) in [4.78, 5) is 22.3. The van der Waals surface area contributed by atoms with Crippen molar-refractivity contribution in [2.45, 2.75) is 13.0 Å². The van der Waals surface area contributed by atoms with Gasteiger partial charge in [-0.25, -0.2) is 0 Å². The number of rotatable bonds is 6. The Labute approximate surface area is 110 Å². The Bertz CT molecular complexity index is 456. The Morgan fingerprint density at radius 3 is 2.83 bits per heavy atom. The lowest BCUT2D eigenvalue weighted by Gasteiger charge is -2.04. The van der Waals surface area contributed by atoms with Crippen molar-refractivity contribution in [1.29, 1.82) is 0 Å². The zero-order valence-electron chi connectivity index (χ0n) is 10.1. The van der Waals surface area contributed by atoms with E-state index in [2.05, 4.69) is 22.3 Å². The smallest absolute Gasteiger partial charge is 0.243 e. The fraction of sp³-hybridized carbons (Fsp3) is 0.364. The lowest BCUT2D eigenvalue weighted by Crippen LogP contribution is -2.29. The molecule has 1 heterocycles. The summed E-state index contributed by atoms with van der Waals surface area (Å²) < 4.78 is 1.58. The molecule has 2 N–H and O–H groups in total. The number of hydrogen-bond acceptors (Lipinski definition) is 3. The van der Waals surface area contributed by atoms with Gasteiger partial charge in [-0.15, -0.1) is 0 Å². The lowest BCUT2D eigenvalue weighted by molar-refractivity contribution is -0.121. The summed E-state index contributed by atoms with van der Waals surface area (Å²) in [5.41, 5.74) is 0.614. The fourth-order valence-corrected chi connectivity index (χ4v) is 1.51. The third-order valence-electron chi connectivity index (χ3n) is 2.14. The maximum absolute atomic E-state index is 11.4. The minimum Gasteiger partial charge on any atom is -0.352 e. The minimum absolute atomic E-state index is 0.180. The average Bonchev–Trinajstić information content (AvgIpc) is 2.65. The summed E-state index contributed by atoms with van der Waals surface area (Å²) in [5, 5.41) is 9.78. The number of nitrogens with one attached hydrogen (secondary N) is 2. The second kappa shape index (κ2) is 6.80. The zero-order chi connectivity index (χ0) is 13.5. The molecule has 0 aliphatic rings. The molecule has 0 aliphatic heterocycles. The quantitative estimate of drug-likeness (QED) is 0.734. The van der Waals surface area contributed by atoms with Crippen LogP contribution in [-0.4, -0.2) is 28.1 Å². The largest absolute Gasteiger partial charge is 0.352 e. The van der Waals surface area contributed by atoms with E-state index in [-0.39, 0.29) is 31.3 Å². The summed E-state index contributed by atoms with van der Waals surface area (Å²) in [6.45, 7) is 3.85. The van der Waals surface area contributed by atoms with Crippen molar-refractivity contribution in [2.75, 3.05) is 6.54 Å². The monoisotopic (exact) mass is 270 g/mol. The highest BCUT2D eigenvalue weighted by Gasteiger charge is 2.07. The second-order valence-corrected chi connectivity index (χ2v) is 4.03. The molecule has 98 valence electrons. The normalized spacial score (nSPS) is 9.89. The highest BCUT2D eigenvalue weighted by molar-refractivity contribution is 6.31. The van der Waals surface area contributed by atoms with Crippen molar-refractivity contribution in [3.05, 3.63) is 29.6 Å². The first-order valence-electron chi connectivity index (χ1n) is 5.38. The van der Waals surface area contributed by atoms with Gasteiger partial charge in [0.05, 0.1) is 11.6 Å². The van der Waals surface area contributed by atoms with Crippen LogP contribution in [0.15, 0.2) is 18.9 Å². The Morgan fingerprint density at radius 1 is 1.56 bits per heavy atom. The van der Waals surface area contributed by atoms with Gasteiger partial charge in [0.1, 0.15) is 5.69 Å². The highest BCUT2D eigenvalue weighted by atomic mass is 35.5. The first-order chi connectivity index (χ1) is 8.52. The van der Waals surface area contributed by atoms with Gasteiger partial charge < -0.3 is 10.6 Å². The number of hydrogen-bond donors (Lipinski definition) is 2. The van der Waals surface area contributed by atoms with Crippen LogP contribution in [0.25, 0.3) is 0 Å². The van der Waals surface area contributed by atoms with Crippen LogP contribution in [0.5, 0.6) is 0 Å². The van der Waals surface area contributed by atoms with E-state index in [0.29, 0.717) is 10.7 Å².